The van der Waals surface area contributed by atoms with Gasteiger partial charge in [0.2, 0.25) is 17.7 Å². The Morgan fingerprint density at radius 1 is 1.15 bits per heavy atom. The standard InChI is InChI=1S/C20H18BrClN2O3/c21-9-1-4-15(14(22)7-9)23-16(25)5-6-24-19(26)17-10-2-3-11(13-8-12(10)13)18(17)20(24)27/h1-4,7,10-13,17-18H,5-6,8H2,(H,23,25)/t10-,11-,12-,13-,17+,18+/m0/s1. The summed E-state index contributed by atoms with van der Waals surface area (Å²) in [6.45, 7) is 0.124. The lowest BCUT2D eigenvalue weighted by molar-refractivity contribution is -0.140. The van der Waals surface area contributed by atoms with E-state index in [2.05, 4.69) is 33.4 Å². The topological polar surface area (TPSA) is 66.5 Å². The molecule has 1 N–H and O–H groups in total. The van der Waals surface area contributed by atoms with E-state index in [9.17, 15) is 14.4 Å². The Bertz CT molecular complexity index is 865. The average molecular weight is 450 g/mol. The second-order valence-corrected chi connectivity index (χ2v) is 9.23. The molecule has 6 atom stereocenters. The zero-order valence-electron chi connectivity index (χ0n) is 14.4. The number of nitrogens with one attached hydrogen (secondary N) is 1. The zero-order chi connectivity index (χ0) is 18.9. The number of hydrogen-bond donors (Lipinski definition) is 1. The van der Waals surface area contributed by atoms with Crippen LogP contribution < -0.4 is 5.32 Å². The molecule has 5 aliphatic rings. The highest BCUT2D eigenvalue weighted by atomic mass is 79.9. The SMILES string of the molecule is O=C(CCN1C(=O)[C@@H]2[C@H]3C=C[C@@H]([C@@H]4C[C@@H]34)[C@H]2C1=O)Nc1ccc(Br)cc1Cl. The van der Waals surface area contributed by atoms with E-state index in [0.717, 1.165) is 10.9 Å². The van der Waals surface area contributed by atoms with Crippen molar-refractivity contribution >= 4 is 50.9 Å². The second kappa shape index (κ2) is 6.17. The molecule has 27 heavy (non-hydrogen) atoms. The molecule has 6 rings (SSSR count). The first kappa shape index (κ1) is 17.4. The Kier molecular flexibility index (Phi) is 3.99. The van der Waals surface area contributed by atoms with Gasteiger partial charge >= 0.3 is 0 Å². The molecule has 0 spiro atoms. The third-order valence-corrected chi connectivity index (χ3v) is 7.33. The van der Waals surface area contributed by atoms with E-state index < -0.39 is 0 Å². The lowest BCUT2D eigenvalue weighted by Gasteiger charge is -2.37. The lowest BCUT2D eigenvalue weighted by atomic mass is 9.63. The minimum Gasteiger partial charge on any atom is -0.325 e. The zero-order valence-corrected chi connectivity index (χ0v) is 16.7. The first-order valence-corrected chi connectivity index (χ1v) is 10.4. The number of amides is 3. The smallest absolute Gasteiger partial charge is 0.233 e. The van der Waals surface area contributed by atoms with E-state index in [4.69, 9.17) is 11.6 Å². The fourth-order valence-corrected chi connectivity index (χ4v) is 5.98. The summed E-state index contributed by atoms with van der Waals surface area (Å²) >= 11 is 9.44. The molecule has 1 aromatic carbocycles. The fourth-order valence-electron chi connectivity index (χ4n) is 5.26. The molecular weight excluding hydrogens is 432 g/mol. The van der Waals surface area contributed by atoms with E-state index in [1.54, 1.807) is 18.2 Å². The third kappa shape index (κ3) is 2.68. The van der Waals surface area contributed by atoms with E-state index >= 15 is 0 Å². The summed E-state index contributed by atoms with van der Waals surface area (Å²) in [5.41, 5.74) is 0.514. The molecule has 0 aromatic heterocycles. The van der Waals surface area contributed by atoms with Gasteiger partial charge < -0.3 is 5.32 Å². The van der Waals surface area contributed by atoms with Gasteiger partial charge in [0.1, 0.15) is 0 Å². The highest BCUT2D eigenvalue weighted by Crippen LogP contribution is 2.65. The van der Waals surface area contributed by atoms with Crippen molar-refractivity contribution in [3.63, 3.8) is 0 Å². The number of carbonyl (C=O) groups excluding carboxylic acids is 3. The number of allylic oxidation sites excluding steroid dienone is 2. The highest BCUT2D eigenvalue weighted by Gasteiger charge is 2.66. The van der Waals surface area contributed by atoms with Gasteiger partial charge in [-0.25, -0.2) is 0 Å². The average Bonchev–Trinajstić information content (AvgIpc) is 3.41. The molecule has 1 saturated heterocycles. The van der Waals surface area contributed by atoms with Crippen LogP contribution >= 0.6 is 27.5 Å². The molecule has 0 radical (unpaired) electrons. The van der Waals surface area contributed by atoms with Crippen LogP contribution in [0.5, 0.6) is 0 Å². The summed E-state index contributed by atoms with van der Waals surface area (Å²) in [6.07, 6.45) is 5.51. The summed E-state index contributed by atoms with van der Waals surface area (Å²) < 4.78 is 0.822. The van der Waals surface area contributed by atoms with Crippen LogP contribution in [0.15, 0.2) is 34.8 Å². The van der Waals surface area contributed by atoms with E-state index in [0.29, 0.717) is 22.5 Å². The Morgan fingerprint density at radius 2 is 1.78 bits per heavy atom. The molecule has 3 fully saturated rings. The van der Waals surface area contributed by atoms with Crippen molar-refractivity contribution in [1.29, 1.82) is 0 Å². The molecule has 1 aliphatic heterocycles. The number of imide groups is 1. The Labute approximate surface area is 170 Å². The quantitative estimate of drug-likeness (QED) is 0.565. The van der Waals surface area contributed by atoms with Crippen molar-refractivity contribution in [3.05, 3.63) is 39.8 Å². The molecule has 1 aromatic rings. The Morgan fingerprint density at radius 3 is 2.37 bits per heavy atom. The van der Waals surface area contributed by atoms with E-state index in [-0.39, 0.29) is 54.4 Å². The largest absolute Gasteiger partial charge is 0.325 e. The molecular formula is C20H18BrClN2O3. The minimum absolute atomic E-state index is 0.0684. The Balaban J connectivity index is 1.25. The van der Waals surface area contributed by atoms with Crippen molar-refractivity contribution in [3.8, 4) is 0 Å². The van der Waals surface area contributed by atoms with Crippen LogP contribution in [-0.4, -0.2) is 29.2 Å². The number of nitrogens with zero attached hydrogens (tertiary/aromatic N) is 1. The summed E-state index contributed by atoms with van der Waals surface area (Å²) in [6, 6.07) is 5.19. The van der Waals surface area contributed by atoms with Gasteiger partial charge in [-0.1, -0.05) is 39.7 Å². The predicted molar refractivity (Wildman–Crippen MR) is 104 cm³/mol. The third-order valence-electron chi connectivity index (χ3n) is 6.52. The summed E-state index contributed by atoms with van der Waals surface area (Å²) in [5.74, 6) is 0.720. The predicted octanol–water partition coefficient (Wildman–Crippen LogP) is 3.48. The van der Waals surface area contributed by atoms with Crippen molar-refractivity contribution < 1.29 is 14.4 Å². The molecule has 5 nitrogen and oxygen atoms in total. The van der Waals surface area contributed by atoms with Gasteiger partial charge in [0.15, 0.2) is 0 Å². The normalized spacial score (nSPS) is 35.3. The Hall–Kier alpha value is -1.66. The van der Waals surface area contributed by atoms with Crippen LogP contribution in [0.4, 0.5) is 5.69 Å². The molecule has 2 saturated carbocycles. The van der Waals surface area contributed by atoms with Crippen LogP contribution in [-0.2, 0) is 14.4 Å². The van der Waals surface area contributed by atoms with Gasteiger partial charge in [0, 0.05) is 17.4 Å². The van der Waals surface area contributed by atoms with Gasteiger partial charge in [-0.15, -0.1) is 0 Å². The number of benzene rings is 1. The van der Waals surface area contributed by atoms with Gasteiger partial charge in [-0.3, -0.25) is 19.3 Å². The first-order valence-electron chi connectivity index (χ1n) is 9.24. The number of likely N-dealkylation sites (tertiary alicyclic amines) is 1. The monoisotopic (exact) mass is 448 g/mol. The minimum atomic E-state index is -0.265. The molecule has 4 aliphatic carbocycles. The maximum Gasteiger partial charge on any atom is 0.233 e. The van der Waals surface area contributed by atoms with Crippen molar-refractivity contribution in [2.45, 2.75) is 12.8 Å². The summed E-state index contributed by atoms with van der Waals surface area (Å²) in [5, 5.41) is 3.17. The van der Waals surface area contributed by atoms with Crippen LogP contribution in [0.1, 0.15) is 12.8 Å². The van der Waals surface area contributed by atoms with Crippen LogP contribution in [0.25, 0.3) is 0 Å². The van der Waals surface area contributed by atoms with Gasteiger partial charge in [0.05, 0.1) is 22.5 Å². The number of halogens is 2. The summed E-state index contributed by atoms with van der Waals surface area (Å²) in [4.78, 5) is 39.4. The van der Waals surface area contributed by atoms with E-state index in [1.807, 2.05) is 0 Å². The molecule has 140 valence electrons. The number of hydrogen-bond acceptors (Lipinski definition) is 3. The first-order chi connectivity index (χ1) is 13.0. The lowest BCUT2D eigenvalue weighted by Crippen LogP contribution is -2.40. The van der Waals surface area contributed by atoms with Crippen molar-refractivity contribution in [1.82, 2.24) is 4.90 Å². The van der Waals surface area contributed by atoms with Gasteiger partial charge in [-0.2, -0.15) is 0 Å². The molecule has 7 heteroatoms. The molecule has 2 bridgehead atoms. The summed E-state index contributed by atoms with van der Waals surface area (Å²) in [7, 11) is 0. The van der Waals surface area contributed by atoms with Gasteiger partial charge in [0.25, 0.3) is 0 Å². The van der Waals surface area contributed by atoms with Crippen molar-refractivity contribution in [2.75, 3.05) is 11.9 Å². The van der Waals surface area contributed by atoms with Crippen LogP contribution in [0.2, 0.25) is 5.02 Å². The van der Waals surface area contributed by atoms with E-state index in [1.165, 1.54) is 4.90 Å². The number of anilines is 1. The number of carbonyl (C=O) groups is 3. The highest BCUT2D eigenvalue weighted by molar-refractivity contribution is 9.10. The molecule has 1 heterocycles. The second-order valence-electron chi connectivity index (χ2n) is 7.91. The fraction of sp³-hybridized carbons (Fsp3) is 0.450. The maximum absolute atomic E-state index is 12.9. The molecule has 3 amide bonds. The molecule has 0 unspecified atom stereocenters. The maximum atomic E-state index is 12.9. The number of rotatable bonds is 4. The van der Waals surface area contributed by atoms with Crippen LogP contribution in [0.3, 0.4) is 0 Å². The van der Waals surface area contributed by atoms with Gasteiger partial charge in [-0.05, 0) is 48.3 Å². The van der Waals surface area contributed by atoms with Crippen molar-refractivity contribution in [2.24, 2.45) is 35.5 Å². The van der Waals surface area contributed by atoms with Crippen LogP contribution in [0, 0.1) is 35.5 Å².